The Hall–Kier alpha value is -3.22. The molecule has 0 aliphatic heterocycles. The number of non-ortho nitro benzene ring substituents is 1. The third kappa shape index (κ3) is 3.91. The zero-order valence-corrected chi connectivity index (χ0v) is 12.5. The summed E-state index contributed by atoms with van der Waals surface area (Å²) < 4.78 is 4.99. The van der Waals surface area contributed by atoms with Gasteiger partial charge in [-0.3, -0.25) is 19.7 Å². The highest BCUT2D eigenvalue weighted by Gasteiger charge is 2.16. The highest BCUT2D eigenvalue weighted by atomic mass is 16.6. The molecule has 0 saturated heterocycles. The Kier molecular flexibility index (Phi) is 4.70. The first-order valence-electron chi connectivity index (χ1n) is 6.72. The second-order valence-corrected chi connectivity index (χ2v) is 4.80. The lowest BCUT2D eigenvalue weighted by molar-refractivity contribution is -0.384. The first-order chi connectivity index (χ1) is 10.9. The predicted octanol–water partition coefficient (Wildman–Crippen LogP) is 3.08. The molecule has 0 bridgehead atoms. The van der Waals surface area contributed by atoms with E-state index in [1.165, 1.54) is 31.2 Å². The molecule has 118 valence electrons. The number of nitrogens with zero attached hydrogens (tertiary/aromatic N) is 1. The van der Waals surface area contributed by atoms with Crippen LogP contribution in [0.2, 0.25) is 0 Å². The van der Waals surface area contributed by atoms with Crippen molar-refractivity contribution in [1.82, 2.24) is 0 Å². The number of para-hydroxylation sites is 1. The smallest absolute Gasteiger partial charge is 0.308 e. The lowest BCUT2D eigenvalue weighted by Gasteiger charge is -2.11. The number of nitro benzene ring substituents is 1. The van der Waals surface area contributed by atoms with E-state index in [1.54, 1.807) is 25.1 Å². The van der Waals surface area contributed by atoms with Gasteiger partial charge in [-0.05, 0) is 24.6 Å². The number of amides is 1. The van der Waals surface area contributed by atoms with Gasteiger partial charge in [0.15, 0.2) is 0 Å². The molecule has 7 heteroatoms. The molecule has 0 aromatic heterocycles. The molecule has 0 atom stereocenters. The van der Waals surface area contributed by atoms with Crippen LogP contribution in [0.25, 0.3) is 0 Å². The van der Waals surface area contributed by atoms with E-state index >= 15 is 0 Å². The predicted molar refractivity (Wildman–Crippen MR) is 83.5 cm³/mol. The van der Waals surface area contributed by atoms with Gasteiger partial charge in [0, 0.05) is 19.1 Å². The van der Waals surface area contributed by atoms with Crippen LogP contribution in [0.4, 0.5) is 11.4 Å². The Morgan fingerprint density at radius 1 is 1.17 bits per heavy atom. The van der Waals surface area contributed by atoms with Gasteiger partial charge in [0.05, 0.1) is 16.2 Å². The molecule has 23 heavy (non-hydrogen) atoms. The number of nitrogens with one attached hydrogen (secondary N) is 1. The van der Waals surface area contributed by atoms with Crippen molar-refractivity contribution in [2.75, 3.05) is 5.32 Å². The highest BCUT2D eigenvalue weighted by molar-refractivity contribution is 6.07. The van der Waals surface area contributed by atoms with Crippen molar-refractivity contribution in [3.63, 3.8) is 0 Å². The second-order valence-electron chi connectivity index (χ2n) is 4.80. The van der Waals surface area contributed by atoms with E-state index < -0.39 is 16.8 Å². The molecule has 1 amide bonds. The number of esters is 1. The summed E-state index contributed by atoms with van der Waals surface area (Å²) in [6.45, 7) is 2.96. The lowest BCUT2D eigenvalue weighted by atomic mass is 10.1. The van der Waals surface area contributed by atoms with Crippen LogP contribution in [0.3, 0.4) is 0 Å². The van der Waals surface area contributed by atoms with Crippen molar-refractivity contribution in [2.45, 2.75) is 13.8 Å². The minimum atomic E-state index is -0.545. The summed E-state index contributed by atoms with van der Waals surface area (Å²) >= 11 is 0. The number of anilines is 1. The zero-order chi connectivity index (χ0) is 17.0. The third-order valence-corrected chi connectivity index (χ3v) is 3.07. The lowest BCUT2D eigenvalue weighted by Crippen LogP contribution is -2.15. The van der Waals surface area contributed by atoms with E-state index in [0.29, 0.717) is 11.3 Å². The molecule has 0 saturated carbocycles. The molecule has 0 spiro atoms. The first-order valence-corrected chi connectivity index (χ1v) is 6.72. The van der Waals surface area contributed by atoms with E-state index in [1.807, 2.05) is 0 Å². The number of benzene rings is 2. The molecule has 0 aliphatic rings. The van der Waals surface area contributed by atoms with Crippen molar-refractivity contribution >= 4 is 23.3 Å². The van der Waals surface area contributed by atoms with Crippen LogP contribution in [0.1, 0.15) is 22.8 Å². The van der Waals surface area contributed by atoms with Crippen LogP contribution in [-0.2, 0) is 4.79 Å². The van der Waals surface area contributed by atoms with Gasteiger partial charge >= 0.3 is 5.97 Å². The topological polar surface area (TPSA) is 98.5 Å². The van der Waals surface area contributed by atoms with Gasteiger partial charge in [-0.2, -0.15) is 0 Å². The van der Waals surface area contributed by atoms with Crippen molar-refractivity contribution < 1.29 is 19.2 Å². The van der Waals surface area contributed by atoms with Gasteiger partial charge in [-0.1, -0.05) is 18.2 Å². The summed E-state index contributed by atoms with van der Waals surface area (Å²) in [7, 11) is 0. The fraction of sp³-hybridized carbons (Fsp3) is 0.125. The molecular formula is C16H14N2O5. The molecule has 0 aliphatic carbocycles. The largest absolute Gasteiger partial charge is 0.426 e. The minimum absolute atomic E-state index is 0.126. The summed E-state index contributed by atoms with van der Waals surface area (Å²) in [5, 5.41) is 13.4. The molecule has 0 radical (unpaired) electrons. The Balaban J connectivity index is 2.31. The second kappa shape index (κ2) is 6.69. The number of aryl methyl sites for hydroxylation is 1. The standard InChI is InChI=1S/C16H14N2O5/c1-10-7-8-12(18(21)22)9-14(10)17-16(20)13-5-3-4-6-15(13)23-11(2)19/h3-9H,1-2H3,(H,17,20). The number of nitro groups is 1. The van der Waals surface area contributed by atoms with Gasteiger partial charge in [0.2, 0.25) is 0 Å². The summed E-state index contributed by atoms with van der Waals surface area (Å²) in [5.74, 6) is -0.942. The first kappa shape index (κ1) is 16.2. The number of carbonyl (C=O) groups is 2. The van der Waals surface area contributed by atoms with Crippen LogP contribution in [0.15, 0.2) is 42.5 Å². The maximum atomic E-state index is 12.4. The highest BCUT2D eigenvalue weighted by Crippen LogP contribution is 2.24. The fourth-order valence-electron chi connectivity index (χ4n) is 1.95. The van der Waals surface area contributed by atoms with E-state index in [9.17, 15) is 19.7 Å². The Labute approximate surface area is 132 Å². The normalized spacial score (nSPS) is 10.0. The van der Waals surface area contributed by atoms with E-state index in [0.717, 1.165) is 0 Å². The molecule has 0 heterocycles. The number of hydrogen-bond acceptors (Lipinski definition) is 5. The van der Waals surface area contributed by atoms with Crippen LogP contribution in [-0.4, -0.2) is 16.8 Å². The minimum Gasteiger partial charge on any atom is -0.426 e. The molecule has 7 nitrogen and oxygen atoms in total. The molecule has 1 N–H and O–H groups in total. The Morgan fingerprint density at radius 3 is 2.52 bits per heavy atom. The van der Waals surface area contributed by atoms with Crippen LogP contribution < -0.4 is 10.1 Å². The summed E-state index contributed by atoms with van der Waals surface area (Å²) in [5.41, 5.74) is 1.03. The van der Waals surface area contributed by atoms with Gasteiger partial charge in [0.1, 0.15) is 5.75 Å². The van der Waals surface area contributed by atoms with Crippen LogP contribution in [0, 0.1) is 17.0 Å². The Morgan fingerprint density at radius 2 is 1.87 bits per heavy atom. The Bertz CT molecular complexity index is 786. The van der Waals surface area contributed by atoms with Gasteiger partial charge in [-0.15, -0.1) is 0 Å². The zero-order valence-electron chi connectivity index (χ0n) is 12.5. The van der Waals surface area contributed by atoms with E-state index in [4.69, 9.17) is 4.74 Å². The number of hydrogen-bond donors (Lipinski definition) is 1. The molecule has 2 aromatic carbocycles. The average molecular weight is 314 g/mol. The molecule has 0 unspecified atom stereocenters. The van der Waals surface area contributed by atoms with Crippen LogP contribution in [0.5, 0.6) is 5.75 Å². The van der Waals surface area contributed by atoms with Gasteiger partial charge in [-0.25, -0.2) is 0 Å². The van der Waals surface area contributed by atoms with Gasteiger partial charge < -0.3 is 10.1 Å². The molecule has 2 rings (SSSR count). The van der Waals surface area contributed by atoms with Crippen molar-refractivity contribution in [1.29, 1.82) is 0 Å². The number of ether oxygens (including phenoxy) is 1. The summed E-state index contributed by atoms with van der Waals surface area (Å²) in [6.07, 6.45) is 0. The monoisotopic (exact) mass is 314 g/mol. The van der Waals surface area contributed by atoms with Gasteiger partial charge in [0.25, 0.3) is 11.6 Å². The molecule has 2 aromatic rings. The quantitative estimate of drug-likeness (QED) is 0.404. The van der Waals surface area contributed by atoms with E-state index in [2.05, 4.69) is 5.32 Å². The number of rotatable bonds is 4. The van der Waals surface area contributed by atoms with Crippen molar-refractivity contribution in [3.05, 3.63) is 63.7 Å². The maximum absolute atomic E-state index is 12.4. The van der Waals surface area contributed by atoms with Crippen LogP contribution >= 0.6 is 0 Å². The SMILES string of the molecule is CC(=O)Oc1ccccc1C(=O)Nc1cc([N+](=O)[O-])ccc1C. The maximum Gasteiger partial charge on any atom is 0.308 e. The molecule has 0 fully saturated rings. The fourth-order valence-corrected chi connectivity index (χ4v) is 1.95. The summed E-state index contributed by atoms with van der Waals surface area (Å²) in [4.78, 5) is 33.8. The van der Waals surface area contributed by atoms with Crippen molar-refractivity contribution in [2.24, 2.45) is 0 Å². The number of carbonyl (C=O) groups excluding carboxylic acids is 2. The average Bonchev–Trinajstić information content (AvgIpc) is 2.49. The summed E-state index contributed by atoms with van der Waals surface area (Å²) in [6, 6.07) is 10.4. The van der Waals surface area contributed by atoms with Crippen molar-refractivity contribution in [3.8, 4) is 5.75 Å². The molecular weight excluding hydrogens is 300 g/mol. The third-order valence-electron chi connectivity index (χ3n) is 3.07. The van der Waals surface area contributed by atoms with E-state index in [-0.39, 0.29) is 17.0 Å².